The van der Waals surface area contributed by atoms with E-state index in [1.54, 1.807) is 23.9 Å². The molecule has 3 heterocycles. The second-order valence-corrected chi connectivity index (χ2v) is 11.7. The van der Waals surface area contributed by atoms with E-state index in [2.05, 4.69) is 16.4 Å². The molecule has 8 heteroatoms. The molecule has 0 saturated carbocycles. The number of carboxylic acid groups (broad SMARTS) is 1. The molecule has 4 nitrogen and oxygen atoms in total. The topological polar surface area (TPSA) is 45.5 Å². The number of nitrogens with zero attached hydrogens (tertiary/aromatic N) is 2. The summed E-state index contributed by atoms with van der Waals surface area (Å²) in [6, 6.07) is 15.1. The summed E-state index contributed by atoms with van der Waals surface area (Å²) in [4.78, 5) is 15.4. The minimum atomic E-state index is -0.944. The largest absolute Gasteiger partial charge is 0.477 e. The van der Waals surface area contributed by atoms with E-state index in [1.807, 2.05) is 24.3 Å². The number of hydrogen-bond acceptors (Lipinski definition) is 4. The molecule has 194 valence electrons. The lowest BCUT2D eigenvalue weighted by Gasteiger charge is -2.32. The first kappa shape index (κ1) is 25.9. The third-order valence-electron chi connectivity index (χ3n) is 7.13. The normalized spacial score (nSPS) is 15.0. The number of fused-ring (bicyclic) bond motifs is 1. The van der Waals surface area contributed by atoms with Gasteiger partial charge in [-0.15, -0.1) is 23.1 Å². The van der Waals surface area contributed by atoms with Crippen molar-refractivity contribution in [3.05, 3.63) is 82.4 Å². The minimum absolute atomic E-state index is 0.202. The summed E-state index contributed by atoms with van der Waals surface area (Å²) >= 11 is 2.99. The molecule has 0 spiro atoms. The molecule has 1 aliphatic rings. The van der Waals surface area contributed by atoms with Crippen molar-refractivity contribution in [2.24, 2.45) is 0 Å². The Kier molecular flexibility index (Phi) is 7.98. The summed E-state index contributed by atoms with van der Waals surface area (Å²) in [6.45, 7) is 5.20. The zero-order valence-electron chi connectivity index (χ0n) is 20.8. The predicted molar refractivity (Wildman–Crippen MR) is 148 cm³/mol. The molecular formula is C29H30F2N2O2S2. The molecule has 0 unspecified atom stereocenters. The average molecular weight is 541 g/mol. The first-order valence-corrected chi connectivity index (χ1v) is 14.5. The Morgan fingerprint density at radius 2 is 1.78 bits per heavy atom. The van der Waals surface area contributed by atoms with Crippen LogP contribution in [0.4, 0.5) is 8.78 Å². The van der Waals surface area contributed by atoms with E-state index in [9.17, 15) is 18.7 Å². The van der Waals surface area contributed by atoms with Crippen molar-refractivity contribution in [3.8, 4) is 5.00 Å². The van der Waals surface area contributed by atoms with Crippen LogP contribution in [-0.4, -0.2) is 45.9 Å². The summed E-state index contributed by atoms with van der Waals surface area (Å²) in [5.74, 6) is -0.0478. The van der Waals surface area contributed by atoms with Crippen molar-refractivity contribution in [3.63, 3.8) is 0 Å². The van der Waals surface area contributed by atoms with E-state index >= 15 is 0 Å². The predicted octanol–water partition coefficient (Wildman–Crippen LogP) is 7.59. The van der Waals surface area contributed by atoms with E-state index in [1.165, 1.54) is 35.1 Å². The molecule has 1 saturated heterocycles. The van der Waals surface area contributed by atoms with Crippen molar-refractivity contribution >= 4 is 40.0 Å². The molecule has 0 aliphatic carbocycles. The Morgan fingerprint density at radius 1 is 1.05 bits per heavy atom. The van der Waals surface area contributed by atoms with Gasteiger partial charge in [0.15, 0.2) is 0 Å². The van der Waals surface area contributed by atoms with Gasteiger partial charge in [0.1, 0.15) is 21.5 Å². The number of piperidine rings is 1. The fraction of sp³-hybridized carbons (Fsp3) is 0.345. The van der Waals surface area contributed by atoms with Crippen molar-refractivity contribution in [2.75, 3.05) is 25.4 Å². The summed E-state index contributed by atoms with van der Waals surface area (Å²) in [5, 5.41) is 11.3. The number of hydrogen-bond donors (Lipinski definition) is 1. The number of benzene rings is 2. The molecule has 0 amide bonds. The van der Waals surface area contributed by atoms with Crippen LogP contribution in [0.2, 0.25) is 0 Å². The van der Waals surface area contributed by atoms with Crippen molar-refractivity contribution < 1.29 is 18.7 Å². The number of carboxylic acids is 1. The molecule has 0 bridgehead atoms. The van der Waals surface area contributed by atoms with E-state index in [0.717, 1.165) is 77.6 Å². The van der Waals surface area contributed by atoms with Gasteiger partial charge < -0.3 is 14.6 Å². The molecule has 1 fully saturated rings. The van der Waals surface area contributed by atoms with Gasteiger partial charge in [0.2, 0.25) is 0 Å². The quantitative estimate of drug-likeness (QED) is 0.175. The van der Waals surface area contributed by atoms with Crippen LogP contribution in [0.5, 0.6) is 0 Å². The van der Waals surface area contributed by atoms with Gasteiger partial charge in [-0.25, -0.2) is 13.6 Å². The van der Waals surface area contributed by atoms with Gasteiger partial charge in [-0.1, -0.05) is 6.92 Å². The maximum absolute atomic E-state index is 14.3. The van der Waals surface area contributed by atoms with Crippen LogP contribution in [0.25, 0.3) is 15.9 Å². The summed E-state index contributed by atoms with van der Waals surface area (Å²) in [7, 11) is 0. The van der Waals surface area contributed by atoms with Crippen molar-refractivity contribution in [1.82, 2.24) is 9.47 Å². The molecule has 4 aromatic rings. The van der Waals surface area contributed by atoms with Crippen LogP contribution in [-0.2, 0) is 6.42 Å². The zero-order chi connectivity index (χ0) is 25.9. The van der Waals surface area contributed by atoms with Crippen LogP contribution in [0.3, 0.4) is 0 Å². The maximum atomic E-state index is 14.3. The molecule has 1 aliphatic heterocycles. The lowest BCUT2D eigenvalue weighted by molar-refractivity contribution is 0.0702. The Balaban J connectivity index is 1.30. The van der Waals surface area contributed by atoms with Gasteiger partial charge in [-0.05, 0) is 117 Å². The molecule has 37 heavy (non-hydrogen) atoms. The average Bonchev–Trinajstić information content (AvgIpc) is 3.50. The first-order valence-electron chi connectivity index (χ1n) is 12.7. The fourth-order valence-electron chi connectivity index (χ4n) is 5.41. The smallest absolute Gasteiger partial charge is 0.345 e. The van der Waals surface area contributed by atoms with Gasteiger partial charge in [-0.2, -0.15) is 0 Å². The third-order valence-corrected chi connectivity index (χ3v) is 9.28. The van der Waals surface area contributed by atoms with Crippen LogP contribution in [0, 0.1) is 11.6 Å². The second-order valence-electron chi connectivity index (χ2n) is 9.43. The fourth-order valence-corrected chi connectivity index (χ4v) is 7.13. The maximum Gasteiger partial charge on any atom is 0.345 e. The minimum Gasteiger partial charge on any atom is -0.477 e. The van der Waals surface area contributed by atoms with Gasteiger partial charge in [0, 0.05) is 16.0 Å². The number of halogens is 2. The van der Waals surface area contributed by atoms with Crippen LogP contribution in [0.1, 0.15) is 53.0 Å². The molecule has 1 N–H and O–H groups in total. The Bertz CT molecular complexity index is 1390. The summed E-state index contributed by atoms with van der Waals surface area (Å²) in [5.41, 5.74) is 3.24. The third kappa shape index (κ3) is 5.61. The Labute approximate surface area is 223 Å². The van der Waals surface area contributed by atoms with Crippen LogP contribution < -0.4 is 0 Å². The number of thioether (sulfide) groups is 1. The Morgan fingerprint density at radius 3 is 2.46 bits per heavy atom. The highest BCUT2D eigenvalue weighted by atomic mass is 32.2. The zero-order valence-corrected chi connectivity index (χ0v) is 22.4. The van der Waals surface area contributed by atoms with Crippen LogP contribution in [0.15, 0.2) is 59.5 Å². The summed E-state index contributed by atoms with van der Waals surface area (Å²) < 4.78 is 29.5. The molecule has 0 atom stereocenters. The molecule has 2 aromatic carbocycles. The Hall–Kier alpha value is -2.68. The lowest BCUT2D eigenvalue weighted by atomic mass is 9.87. The SMILES string of the molecule is CCc1c(C2CCN(CCCSc3ccc(F)cc3)CC2)c2ccc(F)cc2n1-c1ccc(C(=O)O)s1. The second kappa shape index (κ2) is 11.4. The van der Waals surface area contributed by atoms with Gasteiger partial charge >= 0.3 is 5.97 Å². The lowest BCUT2D eigenvalue weighted by Crippen LogP contribution is -2.34. The molecule has 2 aromatic heterocycles. The number of likely N-dealkylation sites (tertiary alicyclic amines) is 1. The molecular weight excluding hydrogens is 510 g/mol. The highest BCUT2D eigenvalue weighted by molar-refractivity contribution is 7.99. The van der Waals surface area contributed by atoms with Gasteiger partial charge in [-0.3, -0.25) is 0 Å². The number of thiophene rings is 1. The van der Waals surface area contributed by atoms with Crippen molar-refractivity contribution in [2.45, 2.75) is 43.4 Å². The van der Waals surface area contributed by atoms with E-state index in [0.29, 0.717) is 5.92 Å². The first-order chi connectivity index (χ1) is 17.9. The number of aromatic carboxylic acids is 1. The monoisotopic (exact) mass is 540 g/mol. The highest BCUT2D eigenvalue weighted by Crippen LogP contribution is 2.41. The molecule has 5 rings (SSSR count). The van der Waals surface area contributed by atoms with E-state index in [-0.39, 0.29) is 16.5 Å². The van der Waals surface area contributed by atoms with Crippen molar-refractivity contribution in [1.29, 1.82) is 0 Å². The van der Waals surface area contributed by atoms with Gasteiger partial charge in [0.25, 0.3) is 0 Å². The number of rotatable bonds is 9. The number of carbonyl (C=O) groups is 1. The van der Waals surface area contributed by atoms with Gasteiger partial charge in [0.05, 0.1) is 5.52 Å². The summed E-state index contributed by atoms with van der Waals surface area (Å²) in [6.07, 6.45) is 3.95. The number of aromatic nitrogens is 1. The molecule has 0 radical (unpaired) electrons. The highest BCUT2D eigenvalue weighted by Gasteiger charge is 2.28. The standard InChI is InChI=1S/C29H30F2N2O2S2/c1-2-24-28(19-12-15-32(16-13-19)14-3-17-36-22-7-4-20(30)5-8-22)23-9-6-21(31)18-25(23)33(24)27-11-10-26(37-27)29(34)35/h4-11,18-19H,2-3,12-17H2,1H3,(H,34,35). The van der Waals surface area contributed by atoms with E-state index in [4.69, 9.17) is 0 Å². The van der Waals surface area contributed by atoms with Crippen LogP contribution >= 0.6 is 23.1 Å². The van der Waals surface area contributed by atoms with E-state index < -0.39 is 5.97 Å².